The molecular weight excluding hydrogens is 354 g/mol. The van der Waals surface area contributed by atoms with Crippen molar-refractivity contribution in [2.24, 2.45) is 0 Å². The van der Waals surface area contributed by atoms with Crippen LogP contribution in [0, 0.1) is 0 Å². The summed E-state index contributed by atoms with van der Waals surface area (Å²) in [6, 6.07) is 32.3. The second kappa shape index (κ2) is 8.77. The SMILES string of the molecule is C=CC[C@@H](O)[C@@H]1CCCN1C(c1ccccc1)(c1ccccc1)c1ccccc1. The Balaban J connectivity index is 1.99. The van der Waals surface area contributed by atoms with E-state index in [4.69, 9.17) is 0 Å². The Morgan fingerprint density at radius 1 is 0.862 bits per heavy atom. The molecule has 1 N–H and O–H groups in total. The summed E-state index contributed by atoms with van der Waals surface area (Å²) in [5, 5.41) is 11.0. The van der Waals surface area contributed by atoms with Gasteiger partial charge in [0.25, 0.3) is 0 Å². The fraction of sp³-hybridized carbons (Fsp3) is 0.259. The molecule has 0 saturated carbocycles. The first-order chi connectivity index (χ1) is 14.3. The summed E-state index contributed by atoms with van der Waals surface area (Å²) in [6.45, 7) is 4.80. The number of benzene rings is 3. The van der Waals surface area contributed by atoms with Gasteiger partial charge in [0.2, 0.25) is 0 Å². The highest BCUT2D eigenvalue weighted by Gasteiger charge is 2.48. The fourth-order valence-corrected chi connectivity index (χ4v) is 4.97. The Morgan fingerprint density at radius 3 is 1.72 bits per heavy atom. The number of hydrogen-bond donors (Lipinski definition) is 1. The van der Waals surface area contributed by atoms with Crippen molar-refractivity contribution in [2.75, 3.05) is 6.54 Å². The number of aliphatic hydroxyl groups excluding tert-OH is 1. The van der Waals surface area contributed by atoms with Gasteiger partial charge in [-0.25, -0.2) is 0 Å². The smallest absolute Gasteiger partial charge is 0.0976 e. The van der Waals surface area contributed by atoms with E-state index in [0.717, 1.165) is 19.4 Å². The minimum Gasteiger partial charge on any atom is -0.391 e. The van der Waals surface area contributed by atoms with Crippen LogP contribution < -0.4 is 0 Å². The number of hydrogen-bond acceptors (Lipinski definition) is 2. The van der Waals surface area contributed by atoms with Crippen molar-refractivity contribution in [3.05, 3.63) is 120 Å². The molecule has 0 amide bonds. The van der Waals surface area contributed by atoms with E-state index in [9.17, 15) is 5.11 Å². The van der Waals surface area contributed by atoms with Crippen LogP contribution in [-0.2, 0) is 5.54 Å². The van der Waals surface area contributed by atoms with Gasteiger partial charge in [0, 0.05) is 12.6 Å². The average molecular weight is 384 g/mol. The van der Waals surface area contributed by atoms with Gasteiger partial charge < -0.3 is 5.11 Å². The summed E-state index contributed by atoms with van der Waals surface area (Å²) in [6.07, 6.45) is 4.08. The summed E-state index contributed by atoms with van der Waals surface area (Å²) in [7, 11) is 0. The Morgan fingerprint density at radius 2 is 1.31 bits per heavy atom. The number of likely N-dealkylation sites (tertiary alicyclic amines) is 1. The molecule has 0 unspecified atom stereocenters. The van der Waals surface area contributed by atoms with Crippen LogP contribution in [0.2, 0.25) is 0 Å². The first-order valence-electron chi connectivity index (χ1n) is 10.5. The van der Waals surface area contributed by atoms with Crippen molar-refractivity contribution in [2.45, 2.75) is 36.9 Å². The van der Waals surface area contributed by atoms with Crippen molar-refractivity contribution in [1.29, 1.82) is 0 Å². The van der Waals surface area contributed by atoms with E-state index >= 15 is 0 Å². The lowest BCUT2D eigenvalue weighted by Crippen LogP contribution is -2.53. The number of rotatable bonds is 7. The van der Waals surface area contributed by atoms with Crippen LogP contribution in [0.4, 0.5) is 0 Å². The highest BCUT2D eigenvalue weighted by molar-refractivity contribution is 5.50. The second-order valence-electron chi connectivity index (χ2n) is 7.80. The van der Waals surface area contributed by atoms with E-state index in [1.807, 2.05) is 6.08 Å². The molecule has 1 heterocycles. The molecule has 0 radical (unpaired) electrons. The third kappa shape index (κ3) is 3.55. The maximum absolute atomic E-state index is 11.0. The molecule has 148 valence electrons. The minimum atomic E-state index is -0.451. The van der Waals surface area contributed by atoms with Crippen molar-refractivity contribution >= 4 is 0 Å². The molecule has 1 saturated heterocycles. The lowest BCUT2D eigenvalue weighted by atomic mass is 9.75. The van der Waals surface area contributed by atoms with Gasteiger partial charge in [0.05, 0.1) is 11.6 Å². The lowest BCUT2D eigenvalue weighted by Gasteiger charge is -2.47. The van der Waals surface area contributed by atoms with Crippen LogP contribution >= 0.6 is 0 Å². The molecule has 2 atom stereocenters. The normalized spacial score (nSPS) is 18.4. The molecule has 2 nitrogen and oxygen atoms in total. The largest absolute Gasteiger partial charge is 0.391 e. The molecule has 0 spiro atoms. The molecule has 1 fully saturated rings. The predicted octanol–water partition coefficient (Wildman–Crippen LogP) is 5.38. The summed E-state index contributed by atoms with van der Waals surface area (Å²) < 4.78 is 0. The van der Waals surface area contributed by atoms with Gasteiger partial charge in [-0.3, -0.25) is 4.90 Å². The van der Waals surface area contributed by atoms with E-state index in [-0.39, 0.29) is 6.04 Å². The third-order valence-electron chi connectivity index (χ3n) is 6.16. The zero-order valence-corrected chi connectivity index (χ0v) is 16.8. The zero-order valence-electron chi connectivity index (χ0n) is 16.8. The Hall–Kier alpha value is -2.68. The van der Waals surface area contributed by atoms with Crippen molar-refractivity contribution in [1.82, 2.24) is 4.90 Å². The van der Waals surface area contributed by atoms with E-state index in [2.05, 4.69) is 102 Å². The van der Waals surface area contributed by atoms with Gasteiger partial charge in [-0.05, 0) is 36.0 Å². The summed E-state index contributed by atoms with van der Waals surface area (Å²) in [4.78, 5) is 2.53. The molecule has 1 aliphatic rings. The Kier molecular flexibility index (Phi) is 5.94. The van der Waals surface area contributed by atoms with Crippen molar-refractivity contribution in [3.63, 3.8) is 0 Å². The quantitative estimate of drug-likeness (QED) is 0.437. The van der Waals surface area contributed by atoms with Crippen LogP contribution in [-0.4, -0.2) is 28.7 Å². The molecular formula is C27H29NO. The maximum atomic E-state index is 11.0. The molecule has 3 aromatic rings. The highest BCUT2D eigenvalue weighted by Crippen LogP contribution is 2.46. The van der Waals surface area contributed by atoms with Crippen molar-refractivity contribution in [3.8, 4) is 0 Å². The molecule has 0 aromatic heterocycles. The molecule has 0 bridgehead atoms. The average Bonchev–Trinajstić information content (AvgIpc) is 3.27. The Labute approximate surface area is 174 Å². The van der Waals surface area contributed by atoms with E-state index in [1.54, 1.807) is 0 Å². The zero-order chi connectivity index (χ0) is 20.1. The lowest BCUT2D eigenvalue weighted by molar-refractivity contribution is 0.0351. The second-order valence-corrected chi connectivity index (χ2v) is 7.80. The van der Waals surface area contributed by atoms with Gasteiger partial charge >= 0.3 is 0 Å². The van der Waals surface area contributed by atoms with Gasteiger partial charge in [-0.1, -0.05) is 97.1 Å². The van der Waals surface area contributed by atoms with Crippen LogP contribution in [0.15, 0.2) is 104 Å². The van der Waals surface area contributed by atoms with Crippen LogP contribution in [0.1, 0.15) is 36.0 Å². The van der Waals surface area contributed by atoms with E-state index < -0.39 is 11.6 Å². The molecule has 2 heteroatoms. The standard InChI is InChI=1S/C27H29NO/c1-2-13-26(29)25-20-12-21-28(25)27(22-14-6-3-7-15-22,23-16-8-4-9-17-23)24-18-10-5-11-19-24/h2-11,14-19,25-26,29H,1,12-13,20-21H2/t25-,26+/m0/s1. The van der Waals surface area contributed by atoms with E-state index in [1.165, 1.54) is 16.7 Å². The Bertz CT molecular complexity index is 810. The first-order valence-corrected chi connectivity index (χ1v) is 10.5. The van der Waals surface area contributed by atoms with Crippen LogP contribution in [0.25, 0.3) is 0 Å². The summed E-state index contributed by atoms with van der Waals surface area (Å²) in [5.74, 6) is 0. The topological polar surface area (TPSA) is 23.5 Å². The summed E-state index contributed by atoms with van der Waals surface area (Å²) in [5.41, 5.74) is 3.24. The van der Waals surface area contributed by atoms with E-state index in [0.29, 0.717) is 6.42 Å². The van der Waals surface area contributed by atoms with Gasteiger partial charge in [0.1, 0.15) is 0 Å². The fourth-order valence-electron chi connectivity index (χ4n) is 4.97. The maximum Gasteiger partial charge on any atom is 0.0976 e. The predicted molar refractivity (Wildman–Crippen MR) is 120 cm³/mol. The number of aliphatic hydroxyl groups is 1. The molecule has 29 heavy (non-hydrogen) atoms. The first kappa shape index (κ1) is 19.6. The third-order valence-corrected chi connectivity index (χ3v) is 6.16. The molecule has 3 aromatic carbocycles. The highest BCUT2D eigenvalue weighted by atomic mass is 16.3. The monoisotopic (exact) mass is 383 g/mol. The van der Waals surface area contributed by atoms with Gasteiger partial charge in [-0.15, -0.1) is 6.58 Å². The van der Waals surface area contributed by atoms with Crippen LogP contribution in [0.3, 0.4) is 0 Å². The molecule has 4 rings (SSSR count). The minimum absolute atomic E-state index is 0.0774. The van der Waals surface area contributed by atoms with Gasteiger partial charge in [-0.2, -0.15) is 0 Å². The molecule has 0 aliphatic carbocycles. The number of nitrogens with zero attached hydrogens (tertiary/aromatic N) is 1. The van der Waals surface area contributed by atoms with Gasteiger partial charge in [0.15, 0.2) is 0 Å². The summed E-state index contributed by atoms with van der Waals surface area (Å²) >= 11 is 0. The van der Waals surface area contributed by atoms with Crippen LogP contribution in [0.5, 0.6) is 0 Å². The van der Waals surface area contributed by atoms with Crippen molar-refractivity contribution < 1.29 is 5.11 Å². The molecule has 1 aliphatic heterocycles.